The third-order valence-electron chi connectivity index (χ3n) is 8.22. The second-order valence-corrected chi connectivity index (χ2v) is 13.5. The minimum Gasteiger partial charge on any atom is -0.382 e. The SMILES string of the molecule is C.CC(C)(C)c1ccc(CC2CCN(CCCC(=O)N3CCC(Nc4ccc(SC(F)(F)F)cc4)CC3)CC2)cc1. The van der Waals surface area contributed by atoms with Crippen molar-refractivity contribution >= 4 is 23.4 Å². The molecule has 228 valence electrons. The number of likely N-dealkylation sites (tertiary alicyclic amines) is 2. The normalized spacial score (nSPS) is 17.8. The zero-order valence-corrected chi connectivity index (χ0v) is 24.9. The van der Waals surface area contributed by atoms with Gasteiger partial charge in [0.15, 0.2) is 0 Å². The lowest BCUT2D eigenvalue weighted by molar-refractivity contribution is -0.132. The Morgan fingerprint density at radius 1 is 0.902 bits per heavy atom. The highest BCUT2D eigenvalue weighted by molar-refractivity contribution is 8.00. The zero-order chi connectivity index (χ0) is 28.8. The van der Waals surface area contributed by atoms with Crippen LogP contribution in [0.2, 0.25) is 0 Å². The number of benzene rings is 2. The fourth-order valence-corrected chi connectivity index (χ4v) is 6.30. The number of anilines is 1. The van der Waals surface area contributed by atoms with E-state index in [1.165, 1.54) is 36.1 Å². The molecule has 0 bridgehead atoms. The molecule has 0 aliphatic carbocycles. The van der Waals surface area contributed by atoms with Crippen molar-refractivity contribution in [1.82, 2.24) is 9.80 Å². The maximum absolute atomic E-state index is 12.8. The van der Waals surface area contributed by atoms with Crippen molar-refractivity contribution in [3.05, 3.63) is 59.7 Å². The molecule has 4 nitrogen and oxygen atoms in total. The number of piperidine rings is 2. The Labute approximate surface area is 249 Å². The highest BCUT2D eigenvalue weighted by Crippen LogP contribution is 2.37. The van der Waals surface area contributed by atoms with E-state index in [1.54, 1.807) is 12.1 Å². The summed E-state index contributed by atoms with van der Waals surface area (Å²) in [6, 6.07) is 15.8. The molecule has 2 heterocycles. The van der Waals surface area contributed by atoms with E-state index in [0.717, 1.165) is 70.0 Å². The summed E-state index contributed by atoms with van der Waals surface area (Å²) in [6.45, 7) is 11.4. The van der Waals surface area contributed by atoms with Crippen LogP contribution in [0.1, 0.15) is 77.8 Å². The highest BCUT2D eigenvalue weighted by atomic mass is 32.2. The smallest absolute Gasteiger partial charge is 0.382 e. The van der Waals surface area contributed by atoms with Crippen LogP contribution in [0.25, 0.3) is 0 Å². The van der Waals surface area contributed by atoms with Gasteiger partial charge in [-0.25, -0.2) is 0 Å². The molecule has 2 aliphatic rings. The summed E-state index contributed by atoms with van der Waals surface area (Å²) in [7, 11) is 0. The third kappa shape index (κ3) is 10.9. The summed E-state index contributed by atoms with van der Waals surface area (Å²) >= 11 is -0.0996. The van der Waals surface area contributed by atoms with Gasteiger partial charge in [0.05, 0.1) is 0 Å². The molecule has 2 aromatic rings. The van der Waals surface area contributed by atoms with Crippen molar-refractivity contribution in [2.24, 2.45) is 5.92 Å². The first kappa shape index (κ1) is 33.3. The molecule has 2 aliphatic heterocycles. The first-order valence-electron chi connectivity index (χ1n) is 14.7. The summed E-state index contributed by atoms with van der Waals surface area (Å²) in [4.78, 5) is 17.5. The number of amides is 1. The molecule has 0 atom stereocenters. The number of nitrogens with zero attached hydrogens (tertiary/aromatic N) is 2. The van der Waals surface area contributed by atoms with Crippen molar-refractivity contribution in [3.63, 3.8) is 0 Å². The summed E-state index contributed by atoms with van der Waals surface area (Å²) in [5.41, 5.74) is -0.437. The molecule has 4 rings (SSSR count). The third-order valence-corrected chi connectivity index (χ3v) is 8.96. The topological polar surface area (TPSA) is 35.6 Å². The largest absolute Gasteiger partial charge is 0.446 e. The first-order valence-corrected chi connectivity index (χ1v) is 15.5. The maximum atomic E-state index is 12.8. The van der Waals surface area contributed by atoms with E-state index in [4.69, 9.17) is 0 Å². The molecule has 2 fully saturated rings. The van der Waals surface area contributed by atoms with Gasteiger partial charge < -0.3 is 15.1 Å². The van der Waals surface area contributed by atoms with E-state index in [2.05, 4.69) is 55.3 Å². The molecule has 0 saturated carbocycles. The molecule has 2 aromatic carbocycles. The standard InChI is InChI=1S/C32H44F3N3OS.CH4/c1-31(2,3)26-8-6-24(7-9-26)23-25-14-19-37(20-15-25)18-4-5-30(39)38-21-16-28(17-22-38)36-27-10-12-29(13-11-27)40-32(33,34)35;/h6-13,25,28,36H,4-5,14-23H2,1-3H3;1H4. The Balaban J connectivity index is 0.00000462. The Bertz CT molecular complexity index is 1070. The first-order chi connectivity index (χ1) is 18.9. The predicted octanol–water partition coefficient (Wildman–Crippen LogP) is 8.37. The number of alkyl halides is 3. The molecule has 8 heteroatoms. The molecule has 1 N–H and O–H groups in total. The molecular formula is C33H48F3N3OS. The van der Waals surface area contributed by atoms with Crippen LogP contribution in [0.3, 0.4) is 0 Å². The summed E-state index contributed by atoms with van der Waals surface area (Å²) in [5, 5.41) is 3.41. The minimum atomic E-state index is -4.27. The number of hydrogen-bond donors (Lipinski definition) is 1. The van der Waals surface area contributed by atoms with Crippen LogP contribution >= 0.6 is 11.8 Å². The molecule has 0 unspecified atom stereocenters. The number of halogens is 3. The quantitative estimate of drug-likeness (QED) is 0.297. The lowest BCUT2D eigenvalue weighted by Gasteiger charge is -2.34. The van der Waals surface area contributed by atoms with E-state index < -0.39 is 5.51 Å². The molecule has 41 heavy (non-hydrogen) atoms. The Morgan fingerprint density at radius 2 is 1.51 bits per heavy atom. The molecular weight excluding hydrogens is 543 g/mol. The van der Waals surface area contributed by atoms with Gasteiger partial charge in [0.25, 0.3) is 0 Å². The number of thioether (sulfide) groups is 1. The van der Waals surface area contributed by atoms with Gasteiger partial charge in [0.2, 0.25) is 5.91 Å². The van der Waals surface area contributed by atoms with E-state index in [1.807, 2.05) is 4.90 Å². The number of hydrogen-bond acceptors (Lipinski definition) is 4. The van der Waals surface area contributed by atoms with Gasteiger partial charge >= 0.3 is 5.51 Å². The van der Waals surface area contributed by atoms with Crippen LogP contribution in [-0.4, -0.2) is 60.0 Å². The van der Waals surface area contributed by atoms with Crippen LogP contribution in [0.5, 0.6) is 0 Å². The van der Waals surface area contributed by atoms with Crippen LogP contribution in [0, 0.1) is 5.92 Å². The lowest BCUT2D eigenvalue weighted by atomic mass is 9.85. The summed E-state index contributed by atoms with van der Waals surface area (Å²) < 4.78 is 37.6. The van der Waals surface area contributed by atoms with Crippen LogP contribution in [-0.2, 0) is 16.6 Å². The van der Waals surface area contributed by atoms with Crippen LogP contribution < -0.4 is 5.32 Å². The van der Waals surface area contributed by atoms with Crippen molar-refractivity contribution in [2.75, 3.05) is 38.0 Å². The van der Waals surface area contributed by atoms with E-state index in [-0.39, 0.29) is 41.4 Å². The van der Waals surface area contributed by atoms with Crippen LogP contribution in [0.4, 0.5) is 18.9 Å². The van der Waals surface area contributed by atoms with Crippen molar-refractivity contribution in [1.29, 1.82) is 0 Å². The predicted molar refractivity (Wildman–Crippen MR) is 166 cm³/mol. The van der Waals surface area contributed by atoms with Crippen molar-refractivity contribution in [3.8, 4) is 0 Å². The highest BCUT2D eigenvalue weighted by Gasteiger charge is 2.29. The average molecular weight is 592 g/mol. The second kappa shape index (κ2) is 14.8. The lowest BCUT2D eigenvalue weighted by Crippen LogP contribution is -2.42. The van der Waals surface area contributed by atoms with Crippen LogP contribution in [0.15, 0.2) is 53.4 Å². The molecule has 0 spiro atoms. The van der Waals surface area contributed by atoms with E-state index in [9.17, 15) is 18.0 Å². The fraction of sp³-hybridized carbons (Fsp3) is 0.606. The average Bonchev–Trinajstić information content (AvgIpc) is 2.90. The second-order valence-electron chi connectivity index (χ2n) is 12.4. The summed E-state index contributed by atoms with van der Waals surface area (Å²) in [6.07, 6.45) is 6.78. The van der Waals surface area contributed by atoms with Gasteiger partial charge in [-0.05, 0) is 117 Å². The molecule has 2 saturated heterocycles. The summed E-state index contributed by atoms with van der Waals surface area (Å²) in [5.74, 6) is 0.977. The Kier molecular flexibility index (Phi) is 12.0. The number of carbonyl (C=O) groups excluding carboxylic acids is 1. The van der Waals surface area contributed by atoms with Gasteiger partial charge in [-0.2, -0.15) is 13.2 Å². The van der Waals surface area contributed by atoms with Gasteiger partial charge in [-0.3, -0.25) is 4.79 Å². The van der Waals surface area contributed by atoms with E-state index in [0.29, 0.717) is 6.42 Å². The minimum absolute atomic E-state index is 0. The Morgan fingerprint density at radius 3 is 2.07 bits per heavy atom. The number of carbonyl (C=O) groups is 1. The van der Waals surface area contributed by atoms with Gasteiger partial charge in [0.1, 0.15) is 0 Å². The Hall–Kier alpha value is -2.19. The monoisotopic (exact) mass is 591 g/mol. The molecule has 0 radical (unpaired) electrons. The van der Waals surface area contributed by atoms with Gasteiger partial charge in [0, 0.05) is 36.1 Å². The van der Waals surface area contributed by atoms with E-state index >= 15 is 0 Å². The van der Waals surface area contributed by atoms with Gasteiger partial charge in [-0.15, -0.1) is 0 Å². The molecule has 1 amide bonds. The van der Waals surface area contributed by atoms with Gasteiger partial charge in [-0.1, -0.05) is 52.5 Å². The van der Waals surface area contributed by atoms with Crippen molar-refractivity contribution in [2.45, 2.75) is 95.0 Å². The van der Waals surface area contributed by atoms with Crippen molar-refractivity contribution < 1.29 is 18.0 Å². The maximum Gasteiger partial charge on any atom is 0.446 e. The number of nitrogens with one attached hydrogen (secondary N) is 1. The number of rotatable bonds is 9. The molecule has 0 aromatic heterocycles. The fourth-order valence-electron chi connectivity index (χ4n) is 5.76. The zero-order valence-electron chi connectivity index (χ0n) is 24.1.